The van der Waals surface area contributed by atoms with Gasteiger partial charge < -0.3 is 4.98 Å². The first-order valence-electron chi connectivity index (χ1n) is 8.16. The molecule has 0 fully saturated rings. The van der Waals surface area contributed by atoms with Crippen LogP contribution in [0.25, 0.3) is 10.9 Å². The molecule has 0 aliphatic rings. The number of carbonyl (C=O) groups is 1. The standard InChI is InChI=1S/C17H23NOS.C2H6/c1-6-7-12-8-9-14-13(10-12)11(2)15(18-14)16(19)20-17(3,4)5;1-2/h8-10,18H,6-7H2,1-5H3;1-2H3. The van der Waals surface area contributed by atoms with E-state index in [1.54, 1.807) is 0 Å². The minimum Gasteiger partial charge on any atom is -0.351 e. The number of hydrogen-bond donors (Lipinski definition) is 1. The average Bonchev–Trinajstić information content (AvgIpc) is 2.77. The second-order valence-corrected chi connectivity index (χ2v) is 8.06. The number of carbonyl (C=O) groups excluding carboxylic acids is 1. The van der Waals surface area contributed by atoms with E-state index in [-0.39, 0.29) is 9.86 Å². The summed E-state index contributed by atoms with van der Waals surface area (Å²) in [7, 11) is 0. The first kappa shape index (κ1) is 18.8. The van der Waals surface area contributed by atoms with E-state index in [0.29, 0.717) is 0 Å². The van der Waals surface area contributed by atoms with Crippen molar-refractivity contribution in [1.82, 2.24) is 4.98 Å². The molecule has 0 aliphatic carbocycles. The predicted molar refractivity (Wildman–Crippen MR) is 100 cm³/mol. The van der Waals surface area contributed by atoms with Gasteiger partial charge in [-0.3, -0.25) is 4.79 Å². The van der Waals surface area contributed by atoms with Gasteiger partial charge >= 0.3 is 0 Å². The number of nitrogens with one attached hydrogen (secondary N) is 1. The van der Waals surface area contributed by atoms with Crippen LogP contribution >= 0.6 is 11.8 Å². The van der Waals surface area contributed by atoms with Crippen molar-refractivity contribution in [2.24, 2.45) is 0 Å². The molecule has 1 aromatic heterocycles. The topological polar surface area (TPSA) is 32.9 Å². The number of H-pyrrole nitrogens is 1. The highest BCUT2D eigenvalue weighted by Gasteiger charge is 2.21. The Balaban J connectivity index is 0.00000116. The summed E-state index contributed by atoms with van der Waals surface area (Å²) in [6.07, 6.45) is 2.22. The summed E-state index contributed by atoms with van der Waals surface area (Å²) < 4.78 is -0.0613. The van der Waals surface area contributed by atoms with E-state index >= 15 is 0 Å². The number of aryl methyl sites for hydroxylation is 2. The molecule has 122 valence electrons. The quantitative estimate of drug-likeness (QED) is 0.738. The Hall–Kier alpha value is -1.22. The Labute approximate surface area is 139 Å². The number of rotatable bonds is 3. The van der Waals surface area contributed by atoms with Gasteiger partial charge in [0.15, 0.2) is 0 Å². The second kappa shape index (κ2) is 7.87. The molecule has 0 unspecified atom stereocenters. The maximum Gasteiger partial charge on any atom is 0.236 e. The molecule has 0 spiro atoms. The lowest BCUT2D eigenvalue weighted by molar-refractivity contribution is 0.108. The molecule has 0 saturated heterocycles. The maximum absolute atomic E-state index is 12.4. The molecule has 0 bridgehead atoms. The predicted octanol–water partition coefficient (Wildman–Crippen LogP) is 6.13. The molecule has 0 aliphatic heterocycles. The molecule has 1 heterocycles. The molecule has 3 heteroatoms. The molecule has 2 aromatic rings. The average molecular weight is 320 g/mol. The lowest BCUT2D eigenvalue weighted by Gasteiger charge is -2.15. The van der Waals surface area contributed by atoms with E-state index in [2.05, 4.69) is 50.9 Å². The molecule has 1 aromatic carbocycles. The number of aromatic amines is 1. The lowest BCUT2D eigenvalue weighted by atomic mass is 10.1. The van der Waals surface area contributed by atoms with Crippen molar-refractivity contribution in [3.8, 4) is 0 Å². The fraction of sp³-hybridized carbons (Fsp3) is 0.526. The zero-order chi connectivity index (χ0) is 16.9. The molecule has 0 radical (unpaired) electrons. The Kier molecular flexibility index (Phi) is 6.73. The Morgan fingerprint density at radius 1 is 1.23 bits per heavy atom. The van der Waals surface area contributed by atoms with Crippen molar-refractivity contribution in [3.05, 3.63) is 35.0 Å². The van der Waals surface area contributed by atoms with Gasteiger partial charge in [0, 0.05) is 15.6 Å². The van der Waals surface area contributed by atoms with Crippen LogP contribution in [0.3, 0.4) is 0 Å². The highest BCUT2D eigenvalue weighted by Crippen LogP contribution is 2.31. The Morgan fingerprint density at radius 2 is 1.86 bits per heavy atom. The van der Waals surface area contributed by atoms with Crippen LogP contribution in [0.5, 0.6) is 0 Å². The van der Waals surface area contributed by atoms with E-state index < -0.39 is 0 Å². The fourth-order valence-corrected chi connectivity index (χ4v) is 3.21. The van der Waals surface area contributed by atoms with Gasteiger partial charge in [-0.05, 0) is 36.6 Å². The number of aromatic nitrogens is 1. The third kappa shape index (κ3) is 4.64. The third-order valence-electron chi connectivity index (χ3n) is 3.26. The van der Waals surface area contributed by atoms with Gasteiger partial charge in [-0.15, -0.1) is 0 Å². The van der Waals surface area contributed by atoms with Gasteiger partial charge in [0.05, 0.1) is 5.69 Å². The smallest absolute Gasteiger partial charge is 0.236 e. The number of benzene rings is 1. The Morgan fingerprint density at radius 3 is 2.41 bits per heavy atom. The molecular weight excluding hydrogens is 290 g/mol. The molecular formula is C19H29NOS. The van der Waals surface area contributed by atoms with Gasteiger partial charge in [0.1, 0.15) is 0 Å². The van der Waals surface area contributed by atoms with E-state index in [9.17, 15) is 4.79 Å². The molecule has 0 saturated carbocycles. The van der Waals surface area contributed by atoms with Crippen LogP contribution in [-0.4, -0.2) is 14.8 Å². The zero-order valence-electron chi connectivity index (χ0n) is 15.0. The van der Waals surface area contributed by atoms with E-state index in [1.165, 1.54) is 22.7 Å². The van der Waals surface area contributed by atoms with Crippen molar-refractivity contribution < 1.29 is 4.79 Å². The van der Waals surface area contributed by atoms with Crippen LogP contribution < -0.4 is 0 Å². The number of fused-ring (bicyclic) bond motifs is 1. The van der Waals surface area contributed by atoms with Crippen molar-refractivity contribution in [2.75, 3.05) is 0 Å². The molecule has 2 rings (SSSR count). The summed E-state index contributed by atoms with van der Waals surface area (Å²) in [5.74, 6) is 0. The van der Waals surface area contributed by atoms with Crippen LogP contribution in [0, 0.1) is 6.92 Å². The summed E-state index contributed by atoms with van der Waals surface area (Å²) in [4.78, 5) is 15.7. The summed E-state index contributed by atoms with van der Waals surface area (Å²) >= 11 is 1.38. The summed E-state index contributed by atoms with van der Waals surface area (Å²) in [5, 5.41) is 1.30. The van der Waals surface area contributed by atoms with E-state index in [0.717, 1.165) is 29.6 Å². The van der Waals surface area contributed by atoms with Gasteiger partial charge in [-0.1, -0.05) is 65.8 Å². The molecule has 0 amide bonds. The molecule has 1 N–H and O–H groups in total. The second-order valence-electron chi connectivity index (χ2n) is 6.26. The first-order valence-corrected chi connectivity index (χ1v) is 8.98. The lowest BCUT2D eigenvalue weighted by Crippen LogP contribution is -2.12. The highest BCUT2D eigenvalue weighted by atomic mass is 32.2. The zero-order valence-corrected chi connectivity index (χ0v) is 15.8. The van der Waals surface area contributed by atoms with Gasteiger partial charge in [-0.2, -0.15) is 0 Å². The largest absolute Gasteiger partial charge is 0.351 e. The normalized spacial score (nSPS) is 11.2. The third-order valence-corrected chi connectivity index (χ3v) is 4.27. The van der Waals surface area contributed by atoms with Crippen LogP contribution in [-0.2, 0) is 6.42 Å². The number of hydrogen-bond acceptors (Lipinski definition) is 2. The van der Waals surface area contributed by atoms with Crippen LogP contribution in [0.15, 0.2) is 18.2 Å². The monoisotopic (exact) mass is 319 g/mol. The van der Waals surface area contributed by atoms with E-state index in [1.807, 2.05) is 20.8 Å². The van der Waals surface area contributed by atoms with Gasteiger partial charge in [-0.25, -0.2) is 0 Å². The molecule has 2 nitrogen and oxygen atoms in total. The highest BCUT2D eigenvalue weighted by molar-refractivity contribution is 8.15. The number of thioether (sulfide) groups is 1. The maximum atomic E-state index is 12.4. The summed E-state index contributed by atoms with van der Waals surface area (Å²) in [5.41, 5.74) is 4.21. The van der Waals surface area contributed by atoms with Crippen molar-refractivity contribution >= 4 is 27.8 Å². The van der Waals surface area contributed by atoms with E-state index in [4.69, 9.17) is 0 Å². The minimum atomic E-state index is -0.0613. The van der Waals surface area contributed by atoms with Crippen molar-refractivity contribution in [3.63, 3.8) is 0 Å². The SMILES string of the molecule is CC.CCCc1ccc2[nH]c(C(=O)SC(C)(C)C)c(C)c2c1. The summed E-state index contributed by atoms with van der Waals surface area (Å²) in [6.45, 7) is 14.4. The molecule has 0 atom stereocenters. The van der Waals surface area contributed by atoms with Crippen LogP contribution in [0.4, 0.5) is 0 Å². The minimum absolute atomic E-state index is 0.0613. The van der Waals surface area contributed by atoms with Crippen LogP contribution in [0.2, 0.25) is 0 Å². The summed E-state index contributed by atoms with van der Waals surface area (Å²) in [6, 6.07) is 6.45. The van der Waals surface area contributed by atoms with Gasteiger partial charge in [0.2, 0.25) is 5.12 Å². The molecule has 22 heavy (non-hydrogen) atoms. The fourth-order valence-electron chi connectivity index (χ4n) is 2.35. The van der Waals surface area contributed by atoms with Crippen molar-refractivity contribution in [2.45, 2.75) is 66.1 Å². The van der Waals surface area contributed by atoms with Crippen LogP contribution in [0.1, 0.15) is 69.6 Å². The Bertz CT molecular complexity index is 635. The first-order chi connectivity index (χ1) is 10.3. The van der Waals surface area contributed by atoms with Crippen molar-refractivity contribution in [1.29, 1.82) is 0 Å². The van der Waals surface area contributed by atoms with Gasteiger partial charge in [0.25, 0.3) is 0 Å².